The lowest BCUT2D eigenvalue weighted by molar-refractivity contribution is 0.669. The number of aromatic nitrogens is 3. The van der Waals surface area contributed by atoms with Crippen LogP contribution < -0.4 is 0 Å². The van der Waals surface area contributed by atoms with Crippen LogP contribution in [-0.4, -0.2) is 15.0 Å². The molecule has 3 aromatic heterocycles. The van der Waals surface area contributed by atoms with E-state index in [9.17, 15) is 0 Å². The van der Waals surface area contributed by atoms with Crippen LogP contribution in [0.3, 0.4) is 0 Å². The first-order valence-electron chi connectivity index (χ1n) is 16.6. The molecular weight excluding hydrogens is 615 g/mol. The molecule has 0 unspecified atom stereocenters. The minimum absolute atomic E-state index is 0.592. The van der Waals surface area contributed by atoms with Gasteiger partial charge >= 0.3 is 0 Å². The number of hydrogen-bond acceptors (Lipinski definition) is 5. The van der Waals surface area contributed by atoms with E-state index in [-0.39, 0.29) is 0 Å². The van der Waals surface area contributed by atoms with Crippen molar-refractivity contribution < 1.29 is 8.83 Å². The topological polar surface area (TPSA) is 65.0 Å². The van der Waals surface area contributed by atoms with E-state index in [1.165, 1.54) is 0 Å². The van der Waals surface area contributed by atoms with Gasteiger partial charge in [0.05, 0.1) is 0 Å². The first-order valence-corrected chi connectivity index (χ1v) is 16.6. The van der Waals surface area contributed by atoms with Crippen LogP contribution in [-0.2, 0) is 0 Å². The fraction of sp³-hybridized carbons (Fsp3) is 0. The summed E-state index contributed by atoms with van der Waals surface area (Å²) in [6.07, 6.45) is 0. The number of nitrogens with zero attached hydrogens (tertiary/aromatic N) is 3. The monoisotopic (exact) mass is 641 g/mol. The molecule has 0 fully saturated rings. The van der Waals surface area contributed by atoms with E-state index < -0.39 is 0 Å². The minimum atomic E-state index is 0.592. The Morgan fingerprint density at radius 1 is 0.300 bits per heavy atom. The van der Waals surface area contributed by atoms with E-state index in [0.717, 1.165) is 82.8 Å². The summed E-state index contributed by atoms with van der Waals surface area (Å²) in [5.74, 6) is 1.84. The van der Waals surface area contributed by atoms with Gasteiger partial charge in [-0.3, -0.25) is 0 Å². The summed E-state index contributed by atoms with van der Waals surface area (Å²) in [5, 5.41) is 4.32. The predicted octanol–water partition coefficient (Wildman–Crippen LogP) is 12.0. The van der Waals surface area contributed by atoms with Gasteiger partial charge in [-0.25, -0.2) is 15.0 Å². The molecule has 0 aliphatic carbocycles. The highest BCUT2D eigenvalue weighted by Gasteiger charge is 2.18. The summed E-state index contributed by atoms with van der Waals surface area (Å²) in [6.45, 7) is 0. The quantitative estimate of drug-likeness (QED) is 0.187. The average Bonchev–Trinajstić information content (AvgIpc) is 3.76. The van der Waals surface area contributed by atoms with Crippen molar-refractivity contribution in [2.24, 2.45) is 0 Å². The van der Waals surface area contributed by atoms with Crippen molar-refractivity contribution in [2.75, 3.05) is 0 Å². The highest BCUT2D eigenvalue weighted by atomic mass is 16.3. The van der Waals surface area contributed by atoms with E-state index >= 15 is 0 Å². The van der Waals surface area contributed by atoms with Crippen molar-refractivity contribution in [1.82, 2.24) is 15.0 Å². The Hall–Kier alpha value is -6.85. The van der Waals surface area contributed by atoms with Crippen molar-refractivity contribution in [2.45, 2.75) is 0 Å². The fourth-order valence-electron chi connectivity index (χ4n) is 6.95. The lowest BCUT2D eigenvalue weighted by atomic mass is 9.93. The zero-order valence-corrected chi connectivity index (χ0v) is 26.7. The number of rotatable bonds is 5. The number of furan rings is 2. The molecule has 0 aliphatic rings. The van der Waals surface area contributed by atoms with Gasteiger partial charge in [-0.2, -0.15) is 0 Å². The minimum Gasteiger partial charge on any atom is -0.456 e. The van der Waals surface area contributed by atoms with Gasteiger partial charge in [0.15, 0.2) is 17.5 Å². The molecule has 0 spiro atoms. The lowest BCUT2D eigenvalue weighted by Crippen LogP contribution is -2.00. The number of benzene rings is 7. The van der Waals surface area contributed by atoms with Gasteiger partial charge in [0, 0.05) is 43.8 Å². The number of fused-ring (bicyclic) bond motifs is 6. The van der Waals surface area contributed by atoms with Crippen LogP contribution in [0.5, 0.6) is 0 Å². The Balaban J connectivity index is 1.09. The van der Waals surface area contributed by atoms with Crippen molar-refractivity contribution in [3.63, 3.8) is 0 Å². The van der Waals surface area contributed by atoms with Crippen LogP contribution in [0, 0.1) is 0 Å². The van der Waals surface area contributed by atoms with Crippen LogP contribution in [0.4, 0.5) is 0 Å². The van der Waals surface area contributed by atoms with E-state index in [1.54, 1.807) is 0 Å². The van der Waals surface area contributed by atoms with E-state index in [0.29, 0.717) is 17.5 Å². The lowest BCUT2D eigenvalue weighted by Gasteiger charge is -2.11. The Morgan fingerprint density at radius 2 is 0.860 bits per heavy atom. The Morgan fingerprint density at radius 3 is 1.62 bits per heavy atom. The average molecular weight is 642 g/mol. The Bertz CT molecular complexity index is 2810. The molecule has 3 heterocycles. The predicted molar refractivity (Wildman–Crippen MR) is 202 cm³/mol. The first-order chi connectivity index (χ1) is 24.8. The fourth-order valence-corrected chi connectivity index (χ4v) is 6.95. The largest absolute Gasteiger partial charge is 0.456 e. The van der Waals surface area contributed by atoms with Crippen LogP contribution in [0.1, 0.15) is 0 Å². The van der Waals surface area contributed by atoms with E-state index in [2.05, 4.69) is 84.9 Å². The highest BCUT2D eigenvalue weighted by Crippen LogP contribution is 2.41. The maximum absolute atomic E-state index is 6.46. The van der Waals surface area contributed by atoms with Crippen molar-refractivity contribution in [1.29, 1.82) is 0 Å². The van der Waals surface area contributed by atoms with E-state index in [1.807, 2.05) is 78.9 Å². The molecule has 0 N–H and O–H groups in total. The summed E-state index contributed by atoms with van der Waals surface area (Å²) >= 11 is 0. The third-order valence-electron chi connectivity index (χ3n) is 9.36. The highest BCUT2D eigenvalue weighted by molar-refractivity contribution is 6.11. The molecule has 10 rings (SSSR count). The first kappa shape index (κ1) is 28.2. The molecule has 0 aliphatic heterocycles. The van der Waals surface area contributed by atoms with Gasteiger partial charge in [-0.05, 0) is 47.0 Å². The van der Waals surface area contributed by atoms with Crippen LogP contribution >= 0.6 is 0 Å². The third kappa shape index (κ3) is 4.67. The molecule has 0 bridgehead atoms. The molecular formula is C45H27N3O2. The summed E-state index contributed by atoms with van der Waals surface area (Å²) in [4.78, 5) is 14.7. The maximum atomic E-state index is 6.46. The van der Waals surface area contributed by atoms with Crippen molar-refractivity contribution in [3.8, 4) is 56.4 Å². The van der Waals surface area contributed by atoms with Gasteiger partial charge in [-0.1, -0.05) is 133 Å². The molecule has 10 aromatic rings. The molecule has 0 amide bonds. The summed E-state index contributed by atoms with van der Waals surface area (Å²) in [5.41, 5.74) is 10.5. The zero-order valence-electron chi connectivity index (χ0n) is 26.7. The molecule has 0 saturated carbocycles. The molecule has 0 saturated heterocycles. The second-order valence-corrected chi connectivity index (χ2v) is 12.4. The van der Waals surface area contributed by atoms with Crippen LogP contribution in [0.25, 0.3) is 100 Å². The van der Waals surface area contributed by atoms with Gasteiger partial charge in [-0.15, -0.1) is 0 Å². The van der Waals surface area contributed by atoms with Crippen LogP contribution in [0.2, 0.25) is 0 Å². The second kappa shape index (κ2) is 11.4. The van der Waals surface area contributed by atoms with Crippen molar-refractivity contribution in [3.05, 3.63) is 164 Å². The SMILES string of the molecule is c1ccc(-c2nc(-c3ccccc3)nc(-c3ccc4c(c3)oc3ccc(-c5ccccc5-c5cccc6c5oc5ccccc56)cc34)n2)cc1. The van der Waals surface area contributed by atoms with Gasteiger partial charge in [0.25, 0.3) is 0 Å². The Labute approximate surface area is 287 Å². The van der Waals surface area contributed by atoms with Gasteiger partial charge in [0.2, 0.25) is 0 Å². The molecule has 50 heavy (non-hydrogen) atoms. The summed E-state index contributed by atoms with van der Waals surface area (Å²) < 4.78 is 12.9. The molecule has 5 nitrogen and oxygen atoms in total. The third-order valence-corrected chi connectivity index (χ3v) is 9.36. The zero-order chi connectivity index (χ0) is 33.0. The number of para-hydroxylation sites is 2. The molecule has 234 valence electrons. The van der Waals surface area contributed by atoms with Gasteiger partial charge in [0.1, 0.15) is 22.3 Å². The maximum Gasteiger partial charge on any atom is 0.164 e. The van der Waals surface area contributed by atoms with Gasteiger partial charge < -0.3 is 8.83 Å². The molecule has 0 radical (unpaired) electrons. The summed E-state index contributed by atoms with van der Waals surface area (Å²) in [7, 11) is 0. The van der Waals surface area contributed by atoms with Crippen molar-refractivity contribution >= 4 is 43.9 Å². The second-order valence-electron chi connectivity index (χ2n) is 12.4. The number of hydrogen-bond donors (Lipinski definition) is 0. The molecule has 7 aromatic carbocycles. The summed E-state index contributed by atoms with van der Waals surface area (Å²) in [6, 6.07) is 55.8. The normalized spacial score (nSPS) is 11.6. The standard InChI is InChI=1S/C45H27N3O2/c1-3-12-28(13-4-1)43-46-44(29-14-5-2-6-15-29)48-45(47-43)31-22-24-35-38-26-30(23-25-40(38)49-41(35)27-31)32-16-7-8-17-33(32)36-19-11-20-37-34-18-9-10-21-39(34)50-42(36)37/h1-27H. The smallest absolute Gasteiger partial charge is 0.164 e. The van der Waals surface area contributed by atoms with E-state index in [4.69, 9.17) is 23.8 Å². The molecule has 0 atom stereocenters. The molecule has 5 heteroatoms. The Kier molecular flexibility index (Phi) is 6.42. The van der Waals surface area contributed by atoms with Crippen LogP contribution in [0.15, 0.2) is 173 Å².